The number of amides is 2. The van der Waals surface area contributed by atoms with E-state index < -0.39 is 0 Å². The Balaban J connectivity index is 1.44. The number of anilines is 2. The van der Waals surface area contributed by atoms with Gasteiger partial charge < -0.3 is 24.8 Å². The molecule has 0 atom stereocenters. The molecule has 1 aliphatic carbocycles. The number of aromatic nitrogens is 2. The van der Waals surface area contributed by atoms with Gasteiger partial charge in [-0.05, 0) is 75.7 Å². The molecule has 0 radical (unpaired) electrons. The Morgan fingerprint density at radius 3 is 2.47 bits per heavy atom. The largest absolute Gasteiger partial charge is 0.494 e. The zero-order valence-corrected chi connectivity index (χ0v) is 22.5. The monoisotopic (exact) mass is 520 g/mol. The highest BCUT2D eigenvalue weighted by Gasteiger charge is 2.35. The molecule has 5 rings (SSSR count). The molecule has 1 aliphatic heterocycles. The van der Waals surface area contributed by atoms with Crippen LogP contribution in [0, 0.1) is 12.7 Å². The molecule has 38 heavy (non-hydrogen) atoms. The van der Waals surface area contributed by atoms with Gasteiger partial charge in [0.25, 0.3) is 0 Å². The molecule has 2 amide bonds. The molecular weight excluding hydrogens is 483 g/mol. The number of nitrogens with zero attached hydrogens (tertiary/aromatic N) is 5. The fraction of sp³-hybridized carbons (Fsp3) is 0.448. The molecule has 2 aliphatic rings. The number of ether oxygens (including phenoxy) is 1. The molecule has 0 bridgehead atoms. The van der Waals surface area contributed by atoms with Crippen molar-refractivity contribution in [3.8, 4) is 11.4 Å². The first-order valence-electron chi connectivity index (χ1n) is 13.6. The number of nitrogens with one attached hydrogen (secondary N) is 1. The van der Waals surface area contributed by atoms with Crippen LogP contribution in [0.5, 0.6) is 5.75 Å². The summed E-state index contributed by atoms with van der Waals surface area (Å²) in [6.07, 6.45) is 1.97. The third-order valence-electron chi connectivity index (χ3n) is 7.32. The Morgan fingerprint density at radius 2 is 1.84 bits per heavy atom. The van der Waals surface area contributed by atoms with Gasteiger partial charge in [-0.3, -0.25) is 0 Å². The molecule has 2 aromatic carbocycles. The Labute approximate surface area is 224 Å². The Morgan fingerprint density at radius 1 is 1.11 bits per heavy atom. The molecule has 0 unspecified atom stereocenters. The summed E-state index contributed by atoms with van der Waals surface area (Å²) < 4.78 is 21.6. The van der Waals surface area contributed by atoms with E-state index in [9.17, 15) is 9.18 Å². The van der Waals surface area contributed by atoms with E-state index in [1.807, 2.05) is 53.8 Å². The van der Waals surface area contributed by atoms with E-state index in [2.05, 4.69) is 22.0 Å². The van der Waals surface area contributed by atoms with Gasteiger partial charge in [0, 0.05) is 43.5 Å². The van der Waals surface area contributed by atoms with Crippen LogP contribution in [-0.4, -0.2) is 71.0 Å². The minimum Gasteiger partial charge on any atom is -0.494 e. The number of halogens is 1. The lowest BCUT2D eigenvalue weighted by molar-refractivity contribution is 0.206. The topological polar surface area (TPSA) is 65.9 Å². The summed E-state index contributed by atoms with van der Waals surface area (Å²) >= 11 is 0. The van der Waals surface area contributed by atoms with Crippen molar-refractivity contribution in [1.82, 2.24) is 19.6 Å². The molecule has 3 aromatic rings. The number of aryl methyl sites for hydroxylation is 1. The average Bonchev–Trinajstić information content (AvgIpc) is 3.71. The molecule has 202 valence electrons. The van der Waals surface area contributed by atoms with Gasteiger partial charge in [-0.1, -0.05) is 13.0 Å². The Hall–Kier alpha value is -3.59. The van der Waals surface area contributed by atoms with Gasteiger partial charge in [-0.2, -0.15) is 5.10 Å². The summed E-state index contributed by atoms with van der Waals surface area (Å²) in [5.74, 6) is 1.43. The number of benzene rings is 2. The number of carbonyl (C=O) groups excluding carboxylic acids is 1. The van der Waals surface area contributed by atoms with Gasteiger partial charge in [0.05, 0.1) is 24.5 Å². The molecule has 2 fully saturated rings. The first-order valence-corrected chi connectivity index (χ1v) is 13.6. The van der Waals surface area contributed by atoms with Crippen LogP contribution < -0.4 is 15.0 Å². The van der Waals surface area contributed by atoms with Gasteiger partial charge in [-0.25, -0.2) is 13.9 Å². The SMILES string of the molecule is CCOc1ccc(NC(=O)N(Cc2c(C)nn(-c3cccc(F)c3)c2N2CCN(CC)CC2)C2CC2)cc1. The first-order chi connectivity index (χ1) is 18.5. The van der Waals surface area contributed by atoms with Crippen LogP contribution in [-0.2, 0) is 6.54 Å². The van der Waals surface area contributed by atoms with E-state index in [0.717, 1.165) is 74.1 Å². The second kappa shape index (κ2) is 11.4. The smallest absolute Gasteiger partial charge is 0.322 e. The molecule has 9 heteroatoms. The summed E-state index contributed by atoms with van der Waals surface area (Å²) in [6.45, 7) is 11.8. The van der Waals surface area contributed by atoms with E-state index in [4.69, 9.17) is 9.84 Å². The van der Waals surface area contributed by atoms with Gasteiger partial charge in [0.15, 0.2) is 0 Å². The fourth-order valence-electron chi connectivity index (χ4n) is 5.04. The molecule has 1 saturated heterocycles. The van der Waals surface area contributed by atoms with Crippen molar-refractivity contribution in [1.29, 1.82) is 0 Å². The minimum absolute atomic E-state index is 0.128. The second-order valence-electron chi connectivity index (χ2n) is 9.95. The third kappa shape index (κ3) is 5.78. The van der Waals surface area contributed by atoms with Crippen LogP contribution in [0.3, 0.4) is 0 Å². The zero-order chi connectivity index (χ0) is 26.6. The van der Waals surface area contributed by atoms with Gasteiger partial charge >= 0.3 is 6.03 Å². The minimum atomic E-state index is -0.298. The predicted molar refractivity (Wildman–Crippen MR) is 148 cm³/mol. The Bertz CT molecular complexity index is 1250. The van der Waals surface area contributed by atoms with Crippen molar-refractivity contribution in [3.63, 3.8) is 0 Å². The van der Waals surface area contributed by atoms with Crippen LogP contribution in [0.15, 0.2) is 48.5 Å². The number of rotatable bonds is 9. The fourth-order valence-corrected chi connectivity index (χ4v) is 5.04. The van der Waals surface area contributed by atoms with Crippen molar-refractivity contribution < 1.29 is 13.9 Å². The molecule has 1 N–H and O–H groups in total. The van der Waals surface area contributed by atoms with Gasteiger partial charge in [0.2, 0.25) is 0 Å². The van der Waals surface area contributed by atoms with Crippen LogP contribution in [0.4, 0.5) is 20.7 Å². The first kappa shape index (κ1) is 26.0. The Kier molecular flexibility index (Phi) is 7.83. The molecular formula is C29H37FN6O2. The van der Waals surface area contributed by atoms with Crippen LogP contribution in [0.25, 0.3) is 5.69 Å². The molecule has 0 spiro atoms. The maximum Gasteiger partial charge on any atom is 0.322 e. The van der Waals surface area contributed by atoms with Crippen molar-refractivity contribution >= 4 is 17.5 Å². The van der Waals surface area contributed by atoms with Crippen molar-refractivity contribution in [2.24, 2.45) is 0 Å². The summed E-state index contributed by atoms with van der Waals surface area (Å²) in [4.78, 5) is 20.2. The standard InChI is InChI=1S/C29H37FN6O2/c1-4-33-15-17-34(18-16-33)28-27(21(3)32-36(28)25-8-6-7-22(30)19-25)20-35(24-11-12-24)29(37)31-23-9-13-26(14-10-23)38-5-2/h6-10,13-14,19,24H,4-5,11-12,15-18,20H2,1-3H3,(H,31,37). The normalized spacial score (nSPS) is 15.9. The number of hydrogen-bond acceptors (Lipinski definition) is 5. The third-order valence-corrected chi connectivity index (χ3v) is 7.32. The van der Waals surface area contributed by atoms with Crippen LogP contribution in [0.1, 0.15) is 37.9 Å². The molecule has 1 saturated carbocycles. The lowest BCUT2D eigenvalue weighted by Crippen LogP contribution is -2.47. The second-order valence-corrected chi connectivity index (χ2v) is 9.95. The summed E-state index contributed by atoms with van der Waals surface area (Å²) in [6, 6.07) is 14.1. The van der Waals surface area contributed by atoms with Crippen LogP contribution >= 0.6 is 0 Å². The number of likely N-dealkylation sites (N-methyl/N-ethyl adjacent to an activating group) is 1. The van der Waals surface area contributed by atoms with Crippen LogP contribution in [0.2, 0.25) is 0 Å². The maximum absolute atomic E-state index is 14.2. The molecule has 1 aromatic heterocycles. The maximum atomic E-state index is 14.2. The highest BCUT2D eigenvalue weighted by Crippen LogP contribution is 2.34. The van der Waals surface area contributed by atoms with E-state index in [1.165, 1.54) is 12.1 Å². The number of piperazine rings is 1. The lowest BCUT2D eigenvalue weighted by Gasteiger charge is -2.36. The highest BCUT2D eigenvalue weighted by atomic mass is 19.1. The summed E-state index contributed by atoms with van der Waals surface area (Å²) in [5.41, 5.74) is 3.27. The van der Waals surface area contributed by atoms with Crippen molar-refractivity contribution in [3.05, 3.63) is 65.6 Å². The summed E-state index contributed by atoms with van der Waals surface area (Å²) in [5, 5.41) is 7.93. The quantitative estimate of drug-likeness (QED) is 0.427. The number of carbonyl (C=O) groups is 1. The van der Waals surface area contributed by atoms with Gasteiger partial charge in [-0.15, -0.1) is 0 Å². The van der Waals surface area contributed by atoms with Crippen molar-refractivity contribution in [2.45, 2.75) is 46.2 Å². The van der Waals surface area contributed by atoms with Crippen molar-refractivity contribution in [2.75, 3.05) is 49.5 Å². The number of urea groups is 1. The van der Waals surface area contributed by atoms with Gasteiger partial charge in [0.1, 0.15) is 17.4 Å². The molecule has 2 heterocycles. The summed E-state index contributed by atoms with van der Waals surface area (Å²) in [7, 11) is 0. The van der Waals surface area contributed by atoms with E-state index in [1.54, 1.807) is 6.07 Å². The number of hydrogen-bond donors (Lipinski definition) is 1. The highest BCUT2D eigenvalue weighted by molar-refractivity contribution is 5.90. The predicted octanol–water partition coefficient (Wildman–Crippen LogP) is 5.06. The lowest BCUT2D eigenvalue weighted by atomic mass is 10.2. The van der Waals surface area contributed by atoms with E-state index >= 15 is 0 Å². The van der Waals surface area contributed by atoms with E-state index in [0.29, 0.717) is 18.8 Å². The zero-order valence-electron chi connectivity index (χ0n) is 22.5. The van der Waals surface area contributed by atoms with E-state index in [-0.39, 0.29) is 17.9 Å². The molecule has 8 nitrogen and oxygen atoms in total. The average molecular weight is 521 g/mol.